The number of benzene rings is 2. The number of nitrogens with one attached hydrogen (secondary N) is 1. The van der Waals surface area contributed by atoms with Gasteiger partial charge in [-0.05, 0) is 17.5 Å². The van der Waals surface area contributed by atoms with Crippen molar-refractivity contribution in [3.63, 3.8) is 0 Å². The zero-order valence-corrected chi connectivity index (χ0v) is 17.8. The van der Waals surface area contributed by atoms with Crippen molar-refractivity contribution in [2.75, 3.05) is 13.6 Å². The van der Waals surface area contributed by atoms with Crippen LogP contribution in [0.5, 0.6) is 0 Å². The monoisotopic (exact) mass is 437 g/mol. The van der Waals surface area contributed by atoms with Crippen molar-refractivity contribution in [1.82, 2.24) is 15.2 Å². The van der Waals surface area contributed by atoms with Crippen molar-refractivity contribution in [1.29, 1.82) is 0 Å². The summed E-state index contributed by atoms with van der Waals surface area (Å²) in [5, 5.41) is 22.7. The Hall–Kier alpha value is -3.49. The summed E-state index contributed by atoms with van der Waals surface area (Å²) >= 11 is 0. The molecule has 3 N–H and O–H groups in total. The highest BCUT2D eigenvalue weighted by Gasteiger charge is 2.32. The number of rotatable bonds is 10. The Morgan fingerprint density at radius 2 is 1.62 bits per heavy atom. The Kier molecular flexibility index (Phi) is 8.13. The molecule has 1 aromatic heterocycles. The minimum absolute atomic E-state index is 0.0740. The highest BCUT2D eigenvalue weighted by molar-refractivity contribution is 5.90. The Labute approximate surface area is 186 Å². The first-order valence-corrected chi connectivity index (χ1v) is 10.3. The molecule has 8 heteroatoms. The van der Waals surface area contributed by atoms with Gasteiger partial charge in [-0.3, -0.25) is 9.59 Å². The van der Waals surface area contributed by atoms with Gasteiger partial charge in [0.1, 0.15) is 6.26 Å². The first-order valence-electron chi connectivity index (χ1n) is 10.3. The van der Waals surface area contributed by atoms with Gasteiger partial charge in [-0.15, -0.1) is 0 Å². The first kappa shape index (κ1) is 23.2. The van der Waals surface area contributed by atoms with Crippen LogP contribution in [0.25, 0.3) is 0 Å². The molecule has 32 heavy (non-hydrogen) atoms. The molecule has 0 fully saturated rings. The van der Waals surface area contributed by atoms with Gasteiger partial charge in [0, 0.05) is 20.0 Å². The van der Waals surface area contributed by atoms with Crippen molar-refractivity contribution < 1.29 is 24.2 Å². The molecule has 2 amide bonds. The van der Waals surface area contributed by atoms with E-state index in [0.29, 0.717) is 25.1 Å². The van der Waals surface area contributed by atoms with Gasteiger partial charge >= 0.3 is 0 Å². The third kappa shape index (κ3) is 6.50. The van der Waals surface area contributed by atoms with E-state index >= 15 is 0 Å². The summed E-state index contributed by atoms with van der Waals surface area (Å²) in [7, 11) is 1.51. The third-order valence-corrected chi connectivity index (χ3v) is 5.02. The van der Waals surface area contributed by atoms with Crippen molar-refractivity contribution >= 4 is 11.8 Å². The van der Waals surface area contributed by atoms with Crippen LogP contribution in [0.2, 0.25) is 0 Å². The summed E-state index contributed by atoms with van der Waals surface area (Å²) in [6.07, 6.45) is -1.09. The zero-order chi connectivity index (χ0) is 22.9. The molecule has 0 bridgehead atoms. The normalized spacial score (nSPS) is 12.7. The number of hydrogen-bond acceptors (Lipinski definition) is 6. The molecule has 0 spiro atoms. The molecule has 168 valence electrons. The van der Waals surface area contributed by atoms with E-state index < -0.39 is 24.0 Å². The van der Waals surface area contributed by atoms with Gasteiger partial charge in [0.05, 0.1) is 12.2 Å². The van der Waals surface area contributed by atoms with Crippen LogP contribution >= 0.6 is 0 Å². The zero-order valence-electron chi connectivity index (χ0n) is 17.8. The van der Waals surface area contributed by atoms with E-state index in [1.54, 1.807) is 0 Å². The molecule has 2 atom stereocenters. The van der Waals surface area contributed by atoms with Crippen molar-refractivity contribution in [3.8, 4) is 0 Å². The van der Waals surface area contributed by atoms with Gasteiger partial charge in [-0.1, -0.05) is 60.7 Å². The Balaban J connectivity index is 1.45. The molecule has 0 radical (unpaired) electrons. The van der Waals surface area contributed by atoms with Crippen LogP contribution in [0.4, 0.5) is 0 Å². The van der Waals surface area contributed by atoms with Crippen LogP contribution in [-0.2, 0) is 29.0 Å². The fraction of sp³-hybridized carbons (Fsp3) is 0.292. The summed E-state index contributed by atoms with van der Waals surface area (Å²) in [5.41, 5.74) is 2.82. The van der Waals surface area contributed by atoms with Crippen molar-refractivity contribution in [2.45, 2.75) is 31.6 Å². The Bertz CT molecular complexity index is 1010. The number of aliphatic hydroxyl groups is 2. The second-order valence-electron chi connectivity index (χ2n) is 7.50. The number of amides is 2. The molecular weight excluding hydrogens is 410 g/mol. The van der Waals surface area contributed by atoms with E-state index in [2.05, 4.69) is 10.3 Å². The van der Waals surface area contributed by atoms with Crippen LogP contribution < -0.4 is 5.32 Å². The van der Waals surface area contributed by atoms with Crippen LogP contribution in [0.15, 0.2) is 71.3 Å². The van der Waals surface area contributed by atoms with Gasteiger partial charge in [0.2, 0.25) is 5.89 Å². The fourth-order valence-electron chi connectivity index (χ4n) is 3.14. The maximum Gasteiger partial charge on any atom is 0.254 e. The van der Waals surface area contributed by atoms with Gasteiger partial charge in [0.25, 0.3) is 11.8 Å². The molecule has 0 unspecified atom stereocenters. The topological polar surface area (TPSA) is 116 Å². The average Bonchev–Trinajstić information content (AvgIpc) is 3.28. The quantitative estimate of drug-likeness (QED) is 0.440. The summed E-state index contributed by atoms with van der Waals surface area (Å²) in [4.78, 5) is 30.2. The maximum absolute atomic E-state index is 12.4. The highest BCUT2D eigenvalue weighted by Crippen LogP contribution is 2.10. The van der Waals surface area contributed by atoms with Crippen LogP contribution in [-0.4, -0.2) is 57.7 Å². The number of nitrogens with zero attached hydrogens (tertiary/aromatic N) is 2. The maximum atomic E-state index is 12.4. The van der Waals surface area contributed by atoms with Gasteiger partial charge in [-0.2, -0.15) is 0 Å². The summed E-state index contributed by atoms with van der Waals surface area (Å²) in [6.45, 7) is 0.268. The summed E-state index contributed by atoms with van der Waals surface area (Å²) in [5.74, 6) is -1.35. The van der Waals surface area contributed by atoms with Gasteiger partial charge in [-0.25, -0.2) is 4.98 Å². The van der Waals surface area contributed by atoms with Gasteiger partial charge in [0.15, 0.2) is 12.2 Å². The smallest absolute Gasteiger partial charge is 0.254 e. The largest absolute Gasteiger partial charge is 0.447 e. The lowest BCUT2D eigenvalue weighted by Crippen LogP contribution is -2.50. The third-order valence-electron chi connectivity index (χ3n) is 5.02. The molecule has 0 saturated carbocycles. The lowest BCUT2D eigenvalue weighted by molar-refractivity contribution is -0.152. The number of carbonyl (C=O) groups excluding carboxylic acids is 2. The van der Waals surface area contributed by atoms with E-state index in [1.807, 2.05) is 60.7 Å². The average molecular weight is 437 g/mol. The fourth-order valence-corrected chi connectivity index (χ4v) is 3.14. The second-order valence-corrected chi connectivity index (χ2v) is 7.50. The number of carbonyl (C=O) groups is 2. The molecule has 3 aromatic rings. The minimum atomic E-state index is -1.90. The van der Waals surface area contributed by atoms with E-state index in [-0.39, 0.29) is 12.4 Å². The van der Waals surface area contributed by atoms with E-state index in [0.717, 1.165) is 11.1 Å². The summed E-state index contributed by atoms with van der Waals surface area (Å²) in [6, 6.07) is 19.3. The molecule has 0 saturated heterocycles. The molecule has 8 nitrogen and oxygen atoms in total. The standard InChI is InChI=1S/C24H27N3O5/c1-27(13-12-17-8-4-2-5-9-17)24(31)22(29)21(28)23(30)25-15-20-26-19(16-32-20)14-18-10-6-3-7-11-18/h2-11,16,21-22,28-29H,12-15H2,1H3,(H,25,30)/t21-,22-/m1/s1. The minimum Gasteiger partial charge on any atom is -0.447 e. The first-order chi connectivity index (χ1) is 15.4. The number of aliphatic hydroxyl groups excluding tert-OH is 2. The van der Waals surface area contributed by atoms with E-state index in [1.165, 1.54) is 18.2 Å². The highest BCUT2D eigenvalue weighted by atomic mass is 16.4. The van der Waals surface area contributed by atoms with Crippen molar-refractivity contribution in [3.05, 3.63) is 89.6 Å². The molecule has 0 aliphatic rings. The predicted octanol–water partition coefficient (Wildman–Crippen LogP) is 1.30. The molecule has 1 heterocycles. The van der Waals surface area contributed by atoms with Gasteiger partial charge < -0.3 is 24.8 Å². The Morgan fingerprint density at radius 3 is 2.28 bits per heavy atom. The van der Waals surface area contributed by atoms with Crippen molar-refractivity contribution in [2.24, 2.45) is 0 Å². The molecule has 3 rings (SSSR count). The number of oxazole rings is 1. The second kappa shape index (κ2) is 11.2. The van der Waals surface area contributed by atoms with Crippen LogP contribution in [0.3, 0.4) is 0 Å². The van der Waals surface area contributed by atoms with Crippen LogP contribution in [0.1, 0.15) is 22.7 Å². The number of likely N-dealkylation sites (N-methyl/N-ethyl adjacent to an activating group) is 1. The predicted molar refractivity (Wildman–Crippen MR) is 117 cm³/mol. The molecular formula is C24H27N3O5. The number of aromatic nitrogens is 1. The molecule has 0 aliphatic heterocycles. The lowest BCUT2D eigenvalue weighted by Gasteiger charge is -2.23. The lowest BCUT2D eigenvalue weighted by atomic mass is 10.1. The van der Waals surface area contributed by atoms with Crippen LogP contribution in [0, 0.1) is 0 Å². The van der Waals surface area contributed by atoms with E-state index in [9.17, 15) is 19.8 Å². The number of hydrogen-bond donors (Lipinski definition) is 3. The van der Waals surface area contributed by atoms with E-state index in [4.69, 9.17) is 4.42 Å². The Morgan fingerprint density at radius 1 is 1.00 bits per heavy atom. The molecule has 2 aromatic carbocycles. The SMILES string of the molecule is CN(CCc1ccccc1)C(=O)[C@H](O)[C@@H](O)C(=O)NCc1nc(Cc2ccccc2)co1. The summed E-state index contributed by atoms with van der Waals surface area (Å²) < 4.78 is 5.34. The molecule has 0 aliphatic carbocycles.